The Bertz CT molecular complexity index is 556. The van der Waals surface area contributed by atoms with E-state index in [1.54, 1.807) is 10.6 Å². The van der Waals surface area contributed by atoms with Crippen molar-refractivity contribution in [1.82, 2.24) is 14.4 Å². The number of aryl methyl sites for hydroxylation is 2. The van der Waals surface area contributed by atoms with Gasteiger partial charge in [-0.25, -0.2) is 9.97 Å². The Morgan fingerprint density at radius 1 is 1.40 bits per heavy atom. The fourth-order valence-corrected chi connectivity index (χ4v) is 1.46. The number of aromatic nitrogens is 3. The number of ketones is 1. The summed E-state index contributed by atoms with van der Waals surface area (Å²) >= 11 is 0. The third kappa shape index (κ3) is 1.36. The van der Waals surface area contributed by atoms with Crippen molar-refractivity contribution in [3.8, 4) is 0 Å². The summed E-state index contributed by atoms with van der Waals surface area (Å²) in [6.45, 7) is 5.26. The van der Waals surface area contributed by atoms with E-state index in [0.29, 0.717) is 17.3 Å². The van der Waals surface area contributed by atoms with Crippen molar-refractivity contribution in [3.05, 3.63) is 23.1 Å². The van der Waals surface area contributed by atoms with Gasteiger partial charge in [-0.2, -0.15) is 0 Å². The Morgan fingerprint density at radius 3 is 2.67 bits per heavy atom. The molecule has 5 nitrogen and oxygen atoms in total. The van der Waals surface area contributed by atoms with Gasteiger partial charge in [-0.15, -0.1) is 0 Å². The lowest BCUT2D eigenvalue weighted by molar-refractivity contribution is 0.101. The molecule has 0 saturated carbocycles. The molecule has 0 unspecified atom stereocenters. The molecule has 0 aromatic carbocycles. The molecule has 0 atom stereocenters. The van der Waals surface area contributed by atoms with Crippen molar-refractivity contribution >= 4 is 17.4 Å². The summed E-state index contributed by atoms with van der Waals surface area (Å²) in [5.41, 5.74) is 8.63. The van der Waals surface area contributed by atoms with Crippen molar-refractivity contribution in [1.29, 1.82) is 0 Å². The normalized spacial score (nSPS) is 10.9. The van der Waals surface area contributed by atoms with Crippen molar-refractivity contribution < 1.29 is 4.79 Å². The highest BCUT2D eigenvalue weighted by atomic mass is 16.1. The summed E-state index contributed by atoms with van der Waals surface area (Å²) in [7, 11) is 0. The number of carbonyl (C=O) groups is 1. The van der Waals surface area contributed by atoms with Crippen LogP contribution >= 0.6 is 0 Å². The smallest absolute Gasteiger partial charge is 0.206 e. The minimum absolute atomic E-state index is 0.0739. The minimum atomic E-state index is -0.0739. The van der Waals surface area contributed by atoms with E-state index in [1.165, 1.54) is 6.92 Å². The van der Waals surface area contributed by atoms with Crippen LogP contribution in [-0.4, -0.2) is 20.2 Å². The predicted molar refractivity (Wildman–Crippen MR) is 56.9 cm³/mol. The van der Waals surface area contributed by atoms with Crippen LogP contribution in [0.5, 0.6) is 0 Å². The van der Waals surface area contributed by atoms with Gasteiger partial charge in [0.2, 0.25) is 5.95 Å². The number of hydrogen-bond acceptors (Lipinski definition) is 4. The molecule has 78 valence electrons. The van der Waals surface area contributed by atoms with Crippen molar-refractivity contribution in [2.45, 2.75) is 20.8 Å². The van der Waals surface area contributed by atoms with Gasteiger partial charge in [0.25, 0.3) is 0 Å². The molecular weight excluding hydrogens is 192 g/mol. The third-order valence-corrected chi connectivity index (χ3v) is 2.47. The van der Waals surface area contributed by atoms with Gasteiger partial charge in [0.05, 0.1) is 0 Å². The summed E-state index contributed by atoms with van der Waals surface area (Å²) in [4.78, 5) is 19.6. The molecular formula is C10H12N4O. The van der Waals surface area contributed by atoms with Gasteiger partial charge in [0.15, 0.2) is 5.78 Å². The number of imidazole rings is 1. The highest BCUT2D eigenvalue weighted by molar-refractivity contribution is 5.92. The van der Waals surface area contributed by atoms with E-state index in [4.69, 9.17) is 5.73 Å². The number of nitrogens with two attached hydrogens (primary N) is 1. The van der Waals surface area contributed by atoms with Crippen LogP contribution in [0.3, 0.4) is 0 Å². The number of fused-ring (bicyclic) bond motifs is 1. The molecule has 0 radical (unpaired) electrons. The number of anilines is 1. The van der Waals surface area contributed by atoms with E-state index in [-0.39, 0.29) is 5.78 Å². The zero-order chi connectivity index (χ0) is 11.2. The molecule has 2 aromatic rings. The van der Waals surface area contributed by atoms with E-state index in [1.807, 2.05) is 13.8 Å². The van der Waals surface area contributed by atoms with Crippen LogP contribution in [0.4, 0.5) is 5.95 Å². The SMILES string of the molecule is CC(=O)c1cn2c(N)nc(C)c(C)c2n1. The number of rotatable bonds is 1. The lowest BCUT2D eigenvalue weighted by atomic mass is 10.2. The molecule has 2 rings (SSSR count). The molecule has 0 fully saturated rings. The first-order valence-electron chi connectivity index (χ1n) is 4.63. The number of Topliss-reactive ketones (excluding diaryl/α,β-unsaturated/α-hetero) is 1. The highest BCUT2D eigenvalue weighted by Gasteiger charge is 2.11. The lowest BCUT2D eigenvalue weighted by Gasteiger charge is -2.03. The molecule has 0 amide bonds. The van der Waals surface area contributed by atoms with Crippen LogP contribution in [-0.2, 0) is 0 Å². The predicted octanol–water partition coefficient (Wildman–Crippen LogP) is 1.13. The zero-order valence-electron chi connectivity index (χ0n) is 8.90. The van der Waals surface area contributed by atoms with Crippen LogP contribution in [0.1, 0.15) is 28.7 Å². The maximum atomic E-state index is 11.2. The second-order valence-electron chi connectivity index (χ2n) is 3.56. The summed E-state index contributed by atoms with van der Waals surface area (Å²) in [5.74, 6) is 0.281. The van der Waals surface area contributed by atoms with Crippen LogP contribution < -0.4 is 5.73 Å². The van der Waals surface area contributed by atoms with E-state index >= 15 is 0 Å². The highest BCUT2D eigenvalue weighted by Crippen LogP contribution is 2.16. The third-order valence-electron chi connectivity index (χ3n) is 2.47. The summed E-state index contributed by atoms with van der Waals surface area (Å²) in [6, 6.07) is 0. The second-order valence-corrected chi connectivity index (χ2v) is 3.56. The van der Waals surface area contributed by atoms with E-state index in [9.17, 15) is 4.79 Å². The average Bonchev–Trinajstić information content (AvgIpc) is 2.59. The minimum Gasteiger partial charge on any atom is -0.369 e. The van der Waals surface area contributed by atoms with Gasteiger partial charge >= 0.3 is 0 Å². The van der Waals surface area contributed by atoms with Gasteiger partial charge in [-0.05, 0) is 13.8 Å². The molecule has 0 spiro atoms. The summed E-state index contributed by atoms with van der Waals surface area (Å²) in [5, 5.41) is 0. The van der Waals surface area contributed by atoms with Gasteiger partial charge in [0.1, 0.15) is 11.3 Å². The summed E-state index contributed by atoms with van der Waals surface area (Å²) < 4.78 is 1.64. The zero-order valence-corrected chi connectivity index (χ0v) is 8.90. The molecule has 0 saturated heterocycles. The molecule has 5 heteroatoms. The molecule has 0 bridgehead atoms. The Morgan fingerprint density at radius 2 is 2.07 bits per heavy atom. The fourth-order valence-electron chi connectivity index (χ4n) is 1.46. The van der Waals surface area contributed by atoms with Crippen molar-refractivity contribution in [2.24, 2.45) is 0 Å². The van der Waals surface area contributed by atoms with E-state index in [0.717, 1.165) is 11.3 Å². The number of nitrogens with zero attached hydrogens (tertiary/aromatic N) is 3. The number of nitrogen functional groups attached to an aromatic ring is 1. The van der Waals surface area contributed by atoms with Crippen LogP contribution in [0.25, 0.3) is 5.65 Å². The molecule has 0 aliphatic carbocycles. The number of carbonyl (C=O) groups excluding carboxylic acids is 1. The van der Waals surface area contributed by atoms with Gasteiger partial charge < -0.3 is 5.73 Å². The Labute approximate surface area is 87.0 Å². The molecule has 2 N–H and O–H groups in total. The second kappa shape index (κ2) is 3.05. The molecule has 0 aliphatic heterocycles. The molecule has 15 heavy (non-hydrogen) atoms. The van der Waals surface area contributed by atoms with Crippen molar-refractivity contribution in [3.63, 3.8) is 0 Å². The van der Waals surface area contributed by atoms with Gasteiger partial charge in [0, 0.05) is 24.4 Å². The maximum absolute atomic E-state index is 11.2. The maximum Gasteiger partial charge on any atom is 0.206 e. The largest absolute Gasteiger partial charge is 0.369 e. The first-order chi connectivity index (χ1) is 7.00. The first-order valence-corrected chi connectivity index (χ1v) is 4.63. The molecule has 2 heterocycles. The van der Waals surface area contributed by atoms with Gasteiger partial charge in [-0.3, -0.25) is 9.20 Å². The molecule has 2 aromatic heterocycles. The van der Waals surface area contributed by atoms with Crippen LogP contribution in [0, 0.1) is 13.8 Å². The standard InChI is InChI=1S/C10H12N4O/c1-5-6(2)12-10(11)14-4-8(7(3)15)13-9(5)14/h4H,1-3H3,(H2,11,12). The monoisotopic (exact) mass is 204 g/mol. The Kier molecular flexibility index (Phi) is 1.96. The van der Waals surface area contributed by atoms with Crippen LogP contribution in [0.15, 0.2) is 6.20 Å². The summed E-state index contributed by atoms with van der Waals surface area (Å²) in [6.07, 6.45) is 1.62. The van der Waals surface area contributed by atoms with E-state index in [2.05, 4.69) is 9.97 Å². The average molecular weight is 204 g/mol. The Balaban J connectivity index is 2.85. The number of hydrogen-bond donors (Lipinski definition) is 1. The quantitative estimate of drug-likeness (QED) is 0.707. The first kappa shape index (κ1) is 9.64. The van der Waals surface area contributed by atoms with Crippen molar-refractivity contribution in [2.75, 3.05) is 5.73 Å². The topological polar surface area (TPSA) is 73.3 Å². The van der Waals surface area contributed by atoms with E-state index < -0.39 is 0 Å². The van der Waals surface area contributed by atoms with Gasteiger partial charge in [-0.1, -0.05) is 0 Å². The van der Waals surface area contributed by atoms with Crippen LogP contribution in [0.2, 0.25) is 0 Å². The molecule has 0 aliphatic rings. The lowest BCUT2D eigenvalue weighted by Crippen LogP contribution is -2.03. The fraction of sp³-hybridized carbons (Fsp3) is 0.300. The Hall–Kier alpha value is -1.91.